The van der Waals surface area contributed by atoms with Crippen LogP contribution >= 0.6 is 0 Å². The Morgan fingerprint density at radius 2 is 1.79 bits per heavy atom. The van der Waals surface area contributed by atoms with Gasteiger partial charge in [0.2, 0.25) is 5.78 Å². The molecule has 0 unspecified atom stereocenters. The van der Waals surface area contributed by atoms with E-state index in [9.17, 15) is 18.4 Å². The van der Waals surface area contributed by atoms with Crippen molar-refractivity contribution in [3.05, 3.63) is 46.8 Å². The number of hydrogen-bond acceptors (Lipinski definition) is 5. The van der Waals surface area contributed by atoms with Crippen molar-refractivity contribution in [3.8, 4) is 11.5 Å². The summed E-state index contributed by atoms with van der Waals surface area (Å²) >= 11 is 0. The lowest BCUT2D eigenvalue weighted by Crippen LogP contribution is -2.15. The van der Waals surface area contributed by atoms with Crippen LogP contribution in [-0.4, -0.2) is 36.6 Å². The third-order valence-electron chi connectivity index (χ3n) is 4.25. The lowest BCUT2D eigenvalue weighted by molar-refractivity contribution is -0.0512. The van der Waals surface area contributed by atoms with E-state index in [0.29, 0.717) is 5.56 Å². The number of ketones is 1. The quantitative estimate of drug-likeness (QED) is 0.491. The highest BCUT2D eigenvalue weighted by Crippen LogP contribution is 2.29. The fourth-order valence-corrected chi connectivity index (χ4v) is 3.13. The molecule has 2 rings (SSSR count). The second-order valence-electron chi connectivity index (χ2n) is 6.49. The van der Waals surface area contributed by atoms with Gasteiger partial charge in [-0.3, -0.25) is 4.79 Å². The van der Waals surface area contributed by atoms with Crippen molar-refractivity contribution in [3.63, 3.8) is 0 Å². The number of carbonyl (C=O) groups is 2. The van der Waals surface area contributed by atoms with Crippen molar-refractivity contribution in [2.75, 3.05) is 13.7 Å². The van der Waals surface area contributed by atoms with Gasteiger partial charge in [0.05, 0.1) is 12.7 Å². The molecule has 1 heterocycles. The molecule has 0 aliphatic heterocycles. The van der Waals surface area contributed by atoms with Crippen LogP contribution in [0.2, 0.25) is 0 Å². The first-order chi connectivity index (χ1) is 13.1. The second kappa shape index (κ2) is 8.86. The van der Waals surface area contributed by atoms with E-state index in [0.717, 1.165) is 11.4 Å². The molecule has 0 spiro atoms. The van der Waals surface area contributed by atoms with Crippen LogP contribution in [0.3, 0.4) is 0 Å². The molecule has 0 radical (unpaired) electrons. The van der Waals surface area contributed by atoms with E-state index in [4.69, 9.17) is 9.47 Å². The highest BCUT2D eigenvalue weighted by atomic mass is 19.3. The van der Waals surface area contributed by atoms with Gasteiger partial charge in [0.15, 0.2) is 18.1 Å². The van der Waals surface area contributed by atoms with Crippen molar-refractivity contribution in [1.29, 1.82) is 0 Å². The van der Waals surface area contributed by atoms with E-state index in [-0.39, 0.29) is 28.9 Å². The number of methoxy groups -OCH3 is 1. The van der Waals surface area contributed by atoms with Gasteiger partial charge in [-0.05, 0) is 52.0 Å². The third kappa shape index (κ3) is 4.68. The summed E-state index contributed by atoms with van der Waals surface area (Å²) < 4.78 is 41.1. The number of hydrogen-bond donors (Lipinski definition) is 0. The molecule has 0 fully saturated rings. The Labute approximate surface area is 162 Å². The first-order valence-corrected chi connectivity index (χ1v) is 8.67. The first-order valence-electron chi connectivity index (χ1n) is 8.67. The topological polar surface area (TPSA) is 66.8 Å². The first kappa shape index (κ1) is 21.4. The Morgan fingerprint density at radius 1 is 1.11 bits per heavy atom. The summed E-state index contributed by atoms with van der Waals surface area (Å²) in [6.45, 7) is 4.33. The number of ether oxygens (including phenoxy) is 3. The van der Waals surface area contributed by atoms with E-state index >= 15 is 0 Å². The maximum absolute atomic E-state index is 12.5. The predicted octanol–water partition coefficient (Wildman–Crippen LogP) is 4.34. The molecule has 8 heteroatoms. The average molecular weight is 395 g/mol. The summed E-state index contributed by atoms with van der Waals surface area (Å²) in [6.07, 6.45) is 0. The Kier molecular flexibility index (Phi) is 6.77. The number of carbonyl (C=O) groups excluding carboxylic acids is 2. The van der Waals surface area contributed by atoms with Gasteiger partial charge in [0, 0.05) is 23.0 Å². The number of esters is 1. The van der Waals surface area contributed by atoms with Crippen molar-refractivity contribution in [2.24, 2.45) is 0 Å². The van der Waals surface area contributed by atoms with Gasteiger partial charge in [-0.2, -0.15) is 8.78 Å². The summed E-state index contributed by atoms with van der Waals surface area (Å²) in [7, 11) is 1.26. The monoisotopic (exact) mass is 395 g/mol. The van der Waals surface area contributed by atoms with Crippen LogP contribution in [0, 0.1) is 13.8 Å². The van der Waals surface area contributed by atoms with Crippen LogP contribution in [-0.2, 0) is 4.74 Å². The van der Waals surface area contributed by atoms with E-state index in [1.807, 2.05) is 32.3 Å². The van der Waals surface area contributed by atoms with Gasteiger partial charge >= 0.3 is 12.6 Å². The highest BCUT2D eigenvalue weighted by molar-refractivity contribution is 6.00. The Morgan fingerprint density at radius 3 is 2.32 bits per heavy atom. The minimum Gasteiger partial charge on any atom is -0.493 e. The molecular weight excluding hydrogens is 372 g/mol. The number of halogens is 2. The molecule has 6 nitrogen and oxygen atoms in total. The number of aryl methyl sites for hydroxylation is 1. The fraction of sp³-hybridized carbons (Fsp3) is 0.400. The zero-order valence-electron chi connectivity index (χ0n) is 16.4. The molecule has 0 atom stereocenters. The van der Waals surface area contributed by atoms with E-state index < -0.39 is 19.2 Å². The highest BCUT2D eigenvalue weighted by Gasteiger charge is 2.20. The molecule has 0 bridgehead atoms. The lowest BCUT2D eigenvalue weighted by Gasteiger charge is -2.13. The van der Waals surface area contributed by atoms with Gasteiger partial charge < -0.3 is 18.8 Å². The van der Waals surface area contributed by atoms with E-state index in [1.54, 1.807) is 6.07 Å². The molecule has 1 aromatic heterocycles. The maximum atomic E-state index is 12.5. The van der Waals surface area contributed by atoms with Crippen LogP contribution in [0.25, 0.3) is 0 Å². The molecule has 0 saturated heterocycles. The summed E-state index contributed by atoms with van der Waals surface area (Å²) in [6, 6.07) is 5.63. The number of rotatable bonds is 8. The van der Waals surface area contributed by atoms with Crippen LogP contribution in [0.4, 0.5) is 8.78 Å². The zero-order valence-corrected chi connectivity index (χ0v) is 16.4. The van der Waals surface area contributed by atoms with Gasteiger partial charge in [-0.1, -0.05) is 0 Å². The van der Waals surface area contributed by atoms with Gasteiger partial charge in [-0.25, -0.2) is 4.79 Å². The molecule has 0 amide bonds. The number of nitrogens with zero attached hydrogens (tertiary/aromatic N) is 1. The molecule has 2 aromatic rings. The Balaban J connectivity index is 2.10. The van der Waals surface area contributed by atoms with Crippen LogP contribution in [0.5, 0.6) is 11.5 Å². The Hall–Kier alpha value is -2.90. The van der Waals surface area contributed by atoms with Crippen LogP contribution in [0.15, 0.2) is 24.3 Å². The van der Waals surface area contributed by atoms with Crippen molar-refractivity contribution in [2.45, 2.75) is 40.3 Å². The van der Waals surface area contributed by atoms with E-state index in [1.165, 1.54) is 25.3 Å². The largest absolute Gasteiger partial charge is 0.493 e. The van der Waals surface area contributed by atoms with Gasteiger partial charge in [0.25, 0.3) is 0 Å². The van der Waals surface area contributed by atoms with Gasteiger partial charge in [0.1, 0.15) is 0 Å². The van der Waals surface area contributed by atoms with Crippen molar-refractivity contribution in [1.82, 2.24) is 4.57 Å². The van der Waals surface area contributed by atoms with Crippen molar-refractivity contribution < 1.29 is 32.6 Å². The SMILES string of the molecule is COc1cc(C(=O)OCC(=O)c2cc(C)n(C(C)C)c2C)ccc1OC(F)F. The molecule has 0 saturated carbocycles. The summed E-state index contributed by atoms with van der Waals surface area (Å²) in [4.78, 5) is 24.7. The third-order valence-corrected chi connectivity index (χ3v) is 4.25. The second-order valence-corrected chi connectivity index (χ2v) is 6.49. The smallest absolute Gasteiger partial charge is 0.387 e. The molecule has 152 valence electrons. The van der Waals surface area contributed by atoms with Crippen LogP contribution < -0.4 is 9.47 Å². The standard InChI is InChI=1S/C20H23F2NO5/c1-11(2)23-12(3)8-15(13(23)4)16(24)10-27-19(25)14-6-7-17(28-20(21)22)18(9-14)26-5/h6-9,11,20H,10H2,1-5H3. The number of Topliss-reactive ketones (excluding diaryl/α,β-unsaturated/α-hetero) is 1. The maximum Gasteiger partial charge on any atom is 0.387 e. The predicted molar refractivity (Wildman–Crippen MR) is 98.5 cm³/mol. The van der Waals surface area contributed by atoms with E-state index in [2.05, 4.69) is 4.74 Å². The fourth-order valence-electron chi connectivity index (χ4n) is 3.13. The number of benzene rings is 1. The van der Waals surface area contributed by atoms with Gasteiger partial charge in [-0.15, -0.1) is 0 Å². The normalized spacial score (nSPS) is 11.0. The van der Waals surface area contributed by atoms with Crippen molar-refractivity contribution >= 4 is 11.8 Å². The Bertz CT molecular complexity index is 874. The minimum absolute atomic E-state index is 0.0402. The molecule has 1 aromatic carbocycles. The summed E-state index contributed by atoms with van der Waals surface area (Å²) in [5, 5.41) is 0. The summed E-state index contributed by atoms with van der Waals surface area (Å²) in [5.74, 6) is -1.33. The number of aromatic nitrogens is 1. The minimum atomic E-state index is -3.02. The van der Waals surface area contributed by atoms with Crippen LogP contribution in [0.1, 0.15) is 52.0 Å². The molecule has 0 N–H and O–H groups in total. The molecule has 28 heavy (non-hydrogen) atoms. The zero-order chi connectivity index (χ0) is 21.0. The molecule has 0 aliphatic carbocycles. The lowest BCUT2D eigenvalue weighted by atomic mass is 10.1. The average Bonchev–Trinajstić information content (AvgIpc) is 2.93. The molecular formula is C20H23F2NO5. The number of alkyl halides is 2. The molecule has 0 aliphatic rings. The summed E-state index contributed by atoms with van der Waals surface area (Å²) in [5.41, 5.74) is 2.31.